The Morgan fingerprint density at radius 2 is 1.76 bits per heavy atom. The molecule has 106 valence electrons. The van der Waals surface area contributed by atoms with Crippen LogP contribution in [-0.4, -0.2) is 27.3 Å². The number of benzene rings is 2. The van der Waals surface area contributed by atoms with Crippen LogP contribution in [0.4, 0.5) is 0 Å². The monoisotopic (exact) mass is 282 g/mol. The fraction of sp³-hybridized carbons (Fsp3) is 0.133. The number of tetrazole rings is 1. The molecule has 0 saturated carbocycles. The molecular formula is C15H14N4O2. The second kappa shape index (κ2) is 6.04. The van der Waals surface area contributed by atoms with Crippen LogP contribution < -0.4 is 9.47 Å². The molecule has 0 aliphatic heterocycles. The number of rotatable bonds is 5. The van der Waals surface area contributed by atoms with Gasteiger partial charge >= 0.3 is 6.01 Å². The molecule has 0 bridgehead atoms. The van der Waals surface area contributed by atoms with Crippen molar-refractivity contribution in [2.45, 2.75) is 6.61 Å². The van der Waals surface area contributed by atoms with Crippen LogP contribution in [0.25, 0.3) is 5.69 Å². The van der Waals surface area contributed by atoms with E-state index in [-0.39, 0.29) is 0 Å². The number of hydrogen-bond acceptors (Lipinski definition) is 5. The Morgan fingerprint density at radius 1 is 1.00 bits per heavy atom. The van der Waals surface area contributed by atoms with Crippen molar-refractivity contribution < 1.29 is 9.47 Å². The fourth-order valence-corrected chi connectivity index (χ4v) is 1.87. The van der Waals surface area contributed by atoms with E-state index < -0.39 is 0 Å². The van der Waals surface area contributed by atoms with Crippen LogP contribution in [0.1, 0.15) is 5.56 Å². The van der Waals surface area contributed by atoms with Gasteiger partial charge in [0.05, 0.1) is 12.8 Å². The van der Waals surface area contributed by atoms with Gasteiger partial charge in [-0.15, -0.1) is 0 Å². The molecule has 0 aliphatic rings. The van der Waals surface area contributed by atoms with Gasteiger partial charge in [0.2, 0.25) is 0 Å². The van der Waals surface area contributed by atoms with Gasteiger partial charge in [-0.3, -0.25) is 0 Å². The van der Waals surface area contributed by atoms with Crippen molar-refractivity contribution in [2.75, 3.05) is 7.11 Å². The van der Waals surface area contributed by atoms with Gasteiger partial charge in [-0.25, -0.2) is 0 Å². The minimum absolute atomic E-state index is 0.358. The summed E-state index contributed by atoms with van der Waals surface area (Å²) in [6, 6.07) is 17.6. The van der Waals surface area contributed by atoms with Gasteiger partial charge in [-0.1, -0.05) is 35.4 Å². The summed E-state index contributed by atoms with van der Waals surface area (Å²) in [5.41, 5.74) is 1.87. The molecular weight excluding hydrogens is 268 g/mol. The van der Waals surface area contributed by atoms with Crippen LogP contribution >= 0.6 is 0 Å². The summed E-state index contributed by atoms with van der Waals surface area (Å²) in [7, 11) is 1.64. The quantitative estimate of drug-likeness (QED) is 0.718. The lowest BCUT2D eigenvalue weighted by Gasteiger charge is -2.07. The molecule has 6 heteroatoms. The zero-order chi connectivity index (χ0) is 14.5. The highest BCUT2D eigenvalue weighted by atomic mass is 16.5. The summed E-state index contributed by atoms with van der Waals surface area (Å²) in [6.45, 7) is 0.386. The van der Waals surface area contributed by atoms with Crippen molar-refractivity contribution >= 4 is 0 Å². The molecule has 0 saturated heterocycles. The van der Waals surface area contributed by atoms with Crippen LogP contribution in [0.2, 0.25) is 0 Å². The molecule has 0 spiro atoms. The summed E-state index contributed by atoms with van der Waals surface area (Å²) in [5.74, 6) is 0.813. The lowest BCUT2D eigenvalue weighted by molar-refractivity contribution is 0.272. The highest BCUT2D eigenvalue weighted by molar-refractivity contribution is 5.32. The summed E-state index contributed by atoms with van der Waals surface area (Å²) < 4.78 is 12.4. The Hall–Kier alpha value is -2.89. The van der Waals surface area contributed by atoms with Crippen molar-refractivity contribution in [1.82, 2.24) is 20.2 Å². The minimum atomic E-state index is 0.358. The van der Waals surface area contributed by atoms with Crippen LogP contribution in [-0.2, 0) is 6.61 Å². The van der Waals surface area contributed by atoms with E-state index in [4.69, 9.17) is 9.47 Å². The van der Waals surface area contributed by atoms with E-state index in [0.29, 0.717) is 12.6 Å². The summed E-state index contributed by atoms with van der Waals surface area (Å²) in [4.78, 5) is 0. The first-order valence-corrected chi connectivity index (χ1v) is 6.46. The SMILES string of the molecule is COc1ccc(COc2nnnn2-c2ccccc2)cc1. The van der Waals surface area contributed by atoms with Crippen molar-refractivity contribution in [3.63, 3.8) is 0 Å². The lowest BCUT2D eigenvalue weighted by Crippen LogP contribution is -2.04. The van der Waals surface area contributed by atoms with Crippen LogP contribution in [0.5, 0.6) is 11.8 Å². The lowest BCUT2D eigenvalue weighted by atomic mass is 10.2. The molecule has 21 heavy (non-hydrogen) atoms. The second-order valence-electron chi connectivity index (χ2n) is 4.35. The maximum Gasteiger partial charge on any atom is 0.340 e. The molecule has 3 rings (SSSR count). The molecule has 1 aromatic heterocycles. The highest BCUT2D eigenvalue weighted by Crippen LogP contribution is 2.16. The smallest absolute Gasteiger partial charge is 0.340 e. The van der Waals surface area contributed by atoms with Crippen molar-refractivity contribution in [1.29, 1.82) is 0 Å². The average Bonchev–Trinajstić information content (AvgIpc) is 3.03. The standard InChI is InChI=1S/C15H14N4O2/c1-20-14-9-7-12(8-10-14)11-21-15-16-17-18-19(15)13-5-3-2-4-6-13/h2-10H,11H2,1H3. The Kier molecular flexibility index (Phi) is 3.77. The molecule has 0 N–H and O–H groups in total. The third kappa shape index (κ3) is 3.00. The predicted octanol–water partition coefficient (Wildman–Crippen LogP) is 2.25. The molecule has 2 aromatic carbocycles. The van der Waals surface area contributed by atoms with Crippen molar-refractivity contribution in [3.8, 4) is 17.4 Å². The molecule has 0 amide bonds. The first kappa shape index (κ1) is 13.1. The van der Waals surface area contributed by atoms with Gasteiger partial charge in [0, 0.05) is 0 Å². The molecule has 0 unspecified atom stereocenters. The Morgan fingerprint density at radius 3 is 2.48 bits per heavy atom. The maximum atomic E-state index is 5.68. The maximum absolute atomic E-state index is 5.68. The Balaban J connectivity index is 1.72. The van der Waals surface area contributed by atoms with E-state index in [0.717, 1.165) is 17.0 Å². The average molecular weight is 282 g/mol. The van der Waals surface area contributed by atoms with Gasteiger partial charge in [-0.05, 0) is 40.3 Å². The van der Waals surface area contributed by atoms with Gasteiger partial charge in [0.1, 0.15) is 12.4 Å². The van der Waals surface area contributed by atoms with Crippen LogP contribution in [0.3, 0.4) is 0 Å². The van der Waals surface area contributed by atoms with Crippen molar-refractivity contribution in [2.24, 2.45) is 0 Å². The van der Waals surface area contributed by atoms with Gasteiger partial charge in [0.15, 0.2) is 0 Å². The van der Waals surface area contributed by atoms with Gasteiger partial charge in [-0.2, -0.15) is 4.68 Å². The normalized spacial score (nSPS) is 10.3. The van der Waals surface area contributed by atoms with E-state index >= 15 is 0 Å². The fourth-order valence-electron chi connectivity index (χ4n) is 1.87. The predicted molar refractivity (Wildman–Crippen MR) is 76.5 cm³/mol. The zero-order valence-corrected chi connectivity index (χ0v) is 11.5. The number of ether oxygens (including phenoxy) is 2. The van der Waals surface area contributed by atoms with Gasteiger partial charge < -0.3 is 9.47 Å². The first-order valence-electron chi connectivity index (χ1n) is 6.46. The molecule has 0 aliphatic carbocycles. The molecule has 3 aromatic rings. The van der Waals surface area contributed by atoms with E-state index in [1.165, 1.54) is 0 Å². The van der Waals surface area contributed by atoms with E-state index in [9.17, 15) is 0 Å². The van der Waals surface area contributed by atoms with E-state index in [2.05, 4.69) is 15.5 Å². The zero-order valence-electron chi connectivity index (χ0n) is 11.5. The van der Waals surface area contributed by atoms with Crippen LogP contribution in [0, 0.1) is 0 Å². The summed E-state index contributed by atoms with van der Waals surface area (Å²) in [5, 5.41) is 11.5. The molecule has 1 heterocycles. The van der Waals surface area contributed by atoms with Crippen LogP contribution in [0.15, 0.2) is 54.6 Å². The third-order valence-electron chi connectivity index (χ3n) is 2.97. The Labute approximate surface area is 121 Å². The number of aromatic nitrogens is 4. The number of para-hydroxylation sites is 1. The van der Waals surface area contributed by atoms with Crippen molar-refractivity contribution in [3.05, 3.63) is 60.2 Å². The molecule has 6 nitrogen and oxygen atoms in total. The second-order valence-corrected chi connectivity index (χ2v) is 4.35. The summed E-state index contributed by atoms with van der Waals surface area (Å²) >= 11 is 0. The molecule has 0 atom stereocenters. The highest BCUT2D eigenvalue weighted by Gasteiger charge is 2.09. The Bertz CT molecular complexity index is 695. The minimum Gasteiger partial charge on any atom is -0.497 e. The van der Waals surface area contributed by atoms with E-state index in [1.807, 2.05) is 54.6 Å². The topological polar surface area (TPSA) is 62.1 Å². The largest absolute Gasteiger partial charge is 0.497 e. The number of nitrogens with zero attached hydrogens (tertiary/aromatic N) is 4. The number of methoxy groups -OCH3 is 1. The number of hydrogen-bond donors (Lipinski definition) is 0. The molecule has 0 fully saturated rings. The van der Waals surface area contributed by atoms with Gasteiger partial charge in [0.25, 0.3) is 0 Å². The third-order valence-corrected chi connectivity index (χ3v) is 2.97. The first-order chi connectivity index (χ1) is 10.4. The summed E-state index contributed by atoms with van der Waals surface area (Å²) in [6.07, 6.45) is 0. The van der Waals surface area contributed by atoms with E-state index in [1.54, 1.807) is 11.8 Å². The molecule has 0 radical (unpaired) electrons.